The summed E-state index contributed by atoms with van der Waals surface area (Å²) in [5, 5.41) is 13.9. The second-order valence-electron chi connectivity index (χ2n) is 6.08. The summed E-state index contributed by atoms with van der Waals surface area (Å²) in [4.78, 5) is 24.9. The second-order valence-corrected chi connectivity index (χ2v) is 6.08. The van der Waals surface area contributed by atoms with Gasteiger partial charge in [-0.1, -0.05) is 48.5 Å². The zero-order valence-electron chi connectivity index (χ0n) is 14.8. The van der Waals surface area contributed by atoms with Gasteiger partial charge in [-0.25, -0.2) is 4.79 Å². The minimum absolute atomic E-state index is 0.176. The quantitative estimate of drug-likeness (QED) is 0.710. The molecule has 0 radical (unpaired) electrons. The van der Waals surface area contributed by atoms with Crippen LogP contribution in [0.25, 0.3) is 10.8 Å². The van der Waals surface area contributed by atoms with Gasteiger partial charge in [0.1, 0.15) is 6.04 Å². The number of carbonyl (C=O) groups excluding carboxylic acids is 2. The molecule has 3 rings (SSSR count). The molecule has 3 aromatic carbocycles. The number of rotatable bonds is 5. The molecule has 0 heterocycles. The first kappa shape index (κ1) is 18.2. The van der Waals surface area contributed by atoms with Crippen LogP contribution in [0.4, 0.5) is 0 Å². The third kappa shape index (κ3) is 4.13. The van der Waals surface area contributed by atoms with Crippen molar-refractivity contribution in [3.8, 4) is 6.07 Å². The maximum atomic E-state index is 12.7. The topological polar surface area (TPSA) is 79.2 Å². The van der Waals surface area contributed by atoms with E-state index in [1.54, 1.807) is 36.4 Å². The van der Waals surface area contributed by atoms with Crippen molar-refractivity contribution in [2.45, 2.75) is 12.5 Å². The van der Waals surface area contributed by atoms with Crippen molar-refractivity contribution in [3.63, 3.8) is 0 Å². The van der Waals surface area contributed by atoms with Gasteiger partial charge in [0.15, 0.2) is 0 Å². The molecular weight excluding hydrogens is 340 g/mol. The molecule has 1 amide bonds. The minimum atomic E-state index is -0.886. The van der Waals surface area contributed by atoms with Crippen LogP contribution in [-0.4, -0.2) is 25.0 Å². The van der Waals surface area contributed by atoms with E-state index in [-0.39, 0.29) is 12.3 Å². The number of nitriles is 1. The van der Waals surface area contributed by atoms with Crippen LogP contribution in [0.1, 0.15) is 21.5 Å². The first-order chi connectivity index (χ1) is 13.1. The summed E-state index contributed by atoms with van der Waals surface area (Å²) in [6.45, 7) is 0. The number of nitrogens with zero attached hydrogens (tertiary/aromatic N) is 1. The van der Waals surface area contributed by atoms with E-state index in [0.717, 1.165) is 10.8 Å². The van der Waals surface area contributed by atoms with Gasteiger partial charge in [0.2, 0.25) is 0 Å². The monoisotopic (exact) mass is 358 g/mol. The van der Waals surface area contributed by atoms with Gasteiger partial charge in [-0.2, -0.15) is 5.26 Å². The van der Waals surface area contributed by atoms with E-state index in [4.69, 9.17) is 4.74 Å². The van der Waals surface area contributed by atoms with E-state index in [1.165, 1.54) is 7.11 Å². The molecule has 0 spiro atoms. The van der Waals surface area contributed by atoms with Crippen molar-refractivity contribution >= 4 is 22.6 Å². The van der Waals surface area contributed by atoms with Crippen molar-refractivity contribution in [3.05, 3.63) is 83.4 Å². The molecule has 0 aliphatic heterocycles. The van der Waals surface area contributed by atoms with E-state index in [1.807, 2.05) is 30.3 Å². The van der Waals surface area contributed by atoms with Crippen LogP contribution in [0.5, 0.6) is 0 Å². The lowest BCUT2D eigenvalue weighted by Crippen LogP contribution is -2.43. The van der Waals surface area contributed by atoms with Gasteiger partial charge in [-0.05, 0) is 34.5 Å². The fraction of sp³-hybridized carbons (Fsp3) is 0.136. The van der Waals surface area contributed by atoms with Crippen LogP contribution in [0.3, 0.4) is 0 Å². The fourth-order valence-electron chi connectivity index (χ4n) is 2.93. The predicted molar refractivity (Wildman–Crippen MR) is 102 cm³/mol. The number of esters is 1. The third-order valence-electron chi connectivity index (χ3n) is 4.36. The Kier molecular flexibility index (Phi) is 5.48. The Morgan fingerprint density at radius 2 is 1.74 bits per heavy atom. The predicted octanol–water partition coefficient (Wildman–Crippen LogP) is 3.23. The number of ether oxygens (including phenoxy) is 1. The molecule has 5 heteroatoms. The number of hydrogen-bond donors (Lipinski definition) is 1. The summed E-state index contributed by atoms with van der Waals surface area (Å²) >= 11 is 0. The van der Waals surface area contributed by atoms with E-state index >= 15 is 0 Å². The van der Waals surface area contributed by atoms with Crippen LogP contribution in [0, 0.1) is 11.3 Å². The molecule has 5 nitrogen and oxygen atoms in total. The molecule has 27 heavy (non-hydrogen) atoms. The average molecular weight is 358 g/mol. The number of fused-ring (bicyclic) bond motifs is 1. The van der Waals surface area contributed by atoms with Gasteiger partial charge in [0.25, 0.3) is 5.91 Å². The lowest BCUT2D eigenvalue weighted by molar-refractivity contribution is -0.142. The molecule has 0 aliphatic carbocycles. The highest BCUT2D eigenvalue weighted by atomic mass is 16.5. The van der Waals surface area contributed by atoms with E-state index < -0.39 is 12.0 Å². The maximum absolute atomic E-state index is 12.7. The van der Waals surface area contributed by atoms with E-state index in [0.29, 0.717) is 16.7 Å². The summed E-state index contributed by atoms with van der Waals surface area (Å²) < 4.78 is 4.83. The lowest BCUT2D eigenvalue weighted by Gasteiger charge is -2.17. The highest BCUT2D eigenvalue weighted by Crippen LogP contribution is 2.16. The SMILES string of the molecule is COC(=O)[C@@H](Cc1ccccc1C#N)NC(=O)c1ccc2ccccc2c1. The Bertz CT molecular complexity index is 1040. The first-order valence-corrected chi connectivity index (χ1v) is 8.48. The largest absolute Gasteiger partial charge is 0.467 e. The van der Waals surface area contributed by atoms with Crippen LogP contribution in [0.2, 0.25) is 0 Å². The summed E-state index contributed by atoms with van der Waals surface area (Å²) in [7, 11) is 1.27. The Hall–Kier alpha value is -3.65. The third-order valence-corrected chi connectivity index (χ3v) is 4.36. The molecule has 0 aromatic heterocycles. The highest BCUT2D eigenvalue weighted by Gasteiger charge is 2.23. The molecule has 0 fully saturated rings. The molecule has 0 unspecified atom stereocenters. The molecule has 0 saturated heterocycles. The summed E-state index contributed by atoms with van der Waals surface area (Å²) in [5.74, 6) is -0.928. The van der Waals surface area contributed by atoms with Crippen LogP contribution in [-0.2, 0) is 16.0 Å². The van der Waals surface area contributed by atoms with Crippen molar-refractivity contribution in [1.29, 1.82) is 5.26 Å². The highest BCUT2D eigenvalue weighted by molar-refractivity contribution is 6.00. The Labute approximate surface area is 157 Å². The number of nitrogens with one attached hydrogen (secondary N) is 1. The molecular formula is C22H18N2O3. The maximum Gasteiger partial charge on any atom is 0.328 e. The summed E-state index contributed by atoms with van der Waals surface area (Å²) in [5.41, 5.74) is 1.59. The normalized spacial score (nSPS) is 11.4. The molecule has 134 valence electrons. The molecule has 3 aromatic rings. The van der Waals surface area contributed by atoms with Gasteiger partial charge in [0, 0.05) is 12.0 Å². The zero-order valence-corrected chi connectivity index (χ0v) is 14.8. The fourth-order valence-corrected chi connectivity index (χ4v) is 2.93. The molecule has 1 atom stereocenters. The second kappa shape index (κ2) is 8.15. The Balaban J connectivity index is 1.84. The Morgan fingerprint density at radius 3 is 2.48 bits per heavy atom. The van der Waals surface area contributed by atoms with Crippen LogP contribution in [0.15, 0.2) is 66.7 Å². The van der Waals surface area contributed by atoms with Crippen LogP contribution >= 0.6 is 0 Å². The number of carbonyl (C=O) groups is 2. The molecule has 0 bridgehead atoms. The smallest absolute Gasteiger partial charge is 0.328 e. The zero-order chi connectivity index (χ0) is 19.2. The summed E-state index contributed by atoms with van der Waals surface area (Å²) in [6, 6.07) is 21.3. The van der Waals surface area contributed by atoms with Gasteiger partial charge < -0.3 is 10.1 Å². The first-order valence-electron chi connectivity index (χ1n) is 8.48. The van der Waals surface area contributed by atoms with Crippen molar-refractivity contribution in [2.24, 2.45) is 0 Å². The molecule has 1 N–H and O–H groups in total. The number of benzene rings is 3. The number of amides is 1. The average Bonchev–Trinajstić information content (AvgIpc) is 2.72. The van der Waals surface area contributed by atoms with E-state index in [9.17, 15) is 14.9 Å². The summed E-state index contributed by atoms with van der Waals surface area (Å²) in [6.07, 6.45) is 0.176. The van der Waals surface area contributed by atoms with Crippen molar-refractivity contribution < 1.29 is 14.3 Å². The lowest BCUT2D eigenvalue weighted by atomic mass is 10.0. The minimum Gasteiger partial charge on any atom is -0.467 e. The Morgan fingerprint density at radius 1 is 1.04 bits per heavy atom. The van der Waals surface area contributed by atoms with Gasteiger partial charge in [-0.3, -0.25) is 4.79 Å². The number of methoxy groups -OCH3 is 1. The number of hydrogen-bond acceptors (Lipinski definition) is 4. The standard InChI is InChI=1S/C22H18N2O3/c1-27-22(26)20(13-17-8-4-5-9-19(17)14-23)24-21(25)18-11-10-15-6-2-3-7-16(15)12-18/h2-12,20H,13H2,1H3,(H,24,25)/t20-/m1/s1. The van der Waals surface area contributed by atoms with Gasteiger partial charge >= 0.3 is 5.97 Å². The van der Waals surface area contributed by atoms with Crippen LogP contribution < -0.4 is 5.32 Å². The van der Waals surface area contributed by atoms with Crippen molar-refractivity contribution in [1.82, 2.24) is 5.32 Å². The van der Waals surface area contributed by atoms with Gasteiger partial charge in [0.05, 0.1) is 18.7 Å². The van der Waals surface area contributed by atoms with E-state index in [2.05, 4.69) is 11.4 Å². The molecule has 0 aliphatic rings. The van der Waals surface area contributed by atoms with Crippen molar-refractivity contribution in [2.75, 3.05) is 7.11 Å². The molecule has 0 saturated carbocycles. The van der Waals surface area contributed by atoms with Gasteiger partial charge in [-0.15, -0.1) is 0 Å².